The monoisotopic (exact) mass is 535 g/mol. The molecule has 6 rings (SSSR count). The molecular formula is C28H30FN5O5. The van der Waals surface area contributed by atoms with Gasteiger partial charge in [-0.15, -0.1) is 0 Å². The molecule has 204 valence electrons. The summed E-state index contributed by atoms with van der Waals surface area (Å²) in [5.74, 6) is -0.630. The number of ether oxygens (including phenoxy) is 4. The summed E-state index contributed by atoms with van der Waals surface area (Å²) in [4.78, 5) is 22.5. The lowest BCUT2D eigenvalue weighted by Crippen LogP contribution is -2.61. The SMILES string of the molecule is C=C(OC1(C(=O)OCC)CC1)N1CC2C(Oc3ncnc(Nc4ccc(C#N)cc4C)c3F)C3COCC32C1. The van der Waals surface area contributed by atoms with Gasteiger partial charge in [-0.05, 0) is 44.2 Å². The highest BCUT2D eigenvalue weighted by molar-refractivity contribution is 5.83. The first kappa shape index (κ1) is 25.4. The van der Waals surface area contributed by atoms with Crippen molar-refractivity contribution in [1.29, 1.82) is 5.26 Å². The minimum absolute atomic E-state index is 0.00964. The Morgan fingerprint density at radius 2 is 2.18 bits per heavy atom. The Kier molecular flexibility index (Phi) is 6.10. The third-order valence-corrected chi connectivity index (χ3v) is 8.47. The Morgan fingerprint density at radius 1 is 1.36 bits per heavy atom. The standard InChI is InChI=1S/C28H30FN5O5/c1-4-37-26(35)28(7-8-28)39-17(3)34-11-19-23(20-12-36-14-27(19,20)13-34)38-25-22(29)24(31-15-32-25)33-21-6-5-18(10-30)9-16(21)2/h5-6,9,15,19-20,23H,3-4,7-8,11-14H2,1-2H3,(H,31,32,33). The first-order valence-corrected chi connectivity index (χ1v) is 13.1. The number of nitrogens with zero attached hydrogens (tertiary/aromatic N) is 4. The van der Waals surface area contributed by atoms with Crippen molar-refractivity contribution < 1.29 is 28.1 Å². The second-order valence-electron chi connectivity index (χ2n) is 10.7. The summed E-state index contributed by atoms with van der Waals surface area (Å²) in [6, 6.07) is 7.17. The predicted molar refractivity (Wildman–Crippen MR) is 136 cm³/mol. The molecular weight excluding hydrogens is 505 g/mol. The number of aryl methyl sites for hydroxylation is 1. The molecule has 0 amide bonds. The molecule has 39 heavy (non-hydrogen) atoms. The predicted octanol–water partition coefficient (Wildman–Crippen LogP) is 3.45. The van der Waals surface area contributed by atoms with Crippen LogP contribution >= 0.6 is 0 Å². The molecule has 2 aromatic rings. The fourth-order valence-electron chi connectivity index (χ4n) is 6.19. The number of nitrogens with one attached hydrogen (secondary N) is 1. The molecule has 11 heteroatoms. The normalized spacial score (nSPS) is 27.4. The van der Waals surface area contributed by atoms with E-state index in [0.29, 0.717) is 62.9 Å². The van der Waals surface area contributed by atoms with Gasteiger partial charge in [-0.25, -0.2) is 9.78 Å². The van der Waals surface area contributed by atoms with Crippen LogP contribution in [-0.2, 0) is 19.0 Å². The molecule has 2 aliphatic heterocycles. The summed E-state index contributed by atoms with van der Waals surface area (Å²) < 4.78 is 38.8. The van der Waals surface area contributed by atoms with Crippen molar-refractivity contribution >= 4 is 17.5 Å². The van der Waals surface area contributed by atoms with Crippen molar-refractivity contribution in [2.75, 3.05) is 38.2 Å². The number of anilines is 2. The van der Waals surface area contributed by atoms with Crippen molar-refractivity contribution in [3.05, 3.63) is 53.9 Å². The Balaban J connectivity index is 1.16. The number of rotatable bonds is 9. The number of carbonyl (C=O) groups is 1. The van der Waals surface area contributed by atoms with Gasteiger partial charge in [0.1, 0.15) is 12.4 Å². The van der Waals surface area contributed by atoms with E-state index in [-0.39, 0.29) is 41.0 Å². The van der Waals surface area contributed by atoms with Crippen molar-refractivity contribution in [3.8, 4) is 11.9 Å². The molecule has 1 aromatic heterocycles. The van der Waals surface area contributed by atoms with E-state index >= 15 is 4.39 Å². The molecule has 3 heterocycles. The maximum Gasteiger partial charge on any atom is 0.350 e. The Hall–Kier alpha value is -3.91. The first-order chi connectivity index (χ1) is 18.8. The van der Waals surface area contributed by atoms with Crippen molar-refractivity contribution in [2.45, 2.75) is 38.4 Å². The van der Waals surface area contributed by atoms with Crippen LogP contribution in [0, 0.1) is 41.3 Å². The van der Waals surface area contributed by atoms with Crippen LogP contribution in [0.4, 0.5) is 15.9 Å². The number of likely N-dealkylation sites (tertiary alicyclic amines) is 1. The van der Waals surface area contributed by atoms with Crippen LogP contribution in [0.3, 0.4) is 0 Å². The third kappa shape index (κ3) is 4.14. The minimum atomic E-state index is -0.936. The van der Waals surface area contributed by atoms with Gasteiger partial charge in [-0.3, -0.25) is 0 Å². The van der Waals surface area contributed by atoms with E-state index in [1.807, 2.05) is 11.8 Å². The van der Waals surface area contributed by atoms with E-state index in [1.54, 1.807) is 25.1 Å². The fraction of sp³-hybridized carbons (Fsp3) is 0.500. The van der Waals surface area contributed by atoms with Crippen LogP contribution in [0.25, 0.3) is 0 Å². The van der Waals surface area contributed by atoms with Crippen LogP contribution in [0.1, 0.15) is 30.9 Å². The van der Waals surface area contributed by atoms with E-state index in [2.05, 4.69) is 27.9 Å². The molecule has 2 aliphatic carbocycles. The quantitative estimate of drug-likeness (QED) is 0.378. The van der Waals surface area contributed by atoms with Crippen molar-refractivity contribution in [2.24, 2.45) is 17.3 Å². The Labute approximate surface area is 225 Å². The lowest BCUT2D eigenvalue weighted by Gasteiger charge is -2.51. The van der Waals surface area contributed by atoms with Crippen LogP contribution in [-0.4, -0.2) is 65.5 Å². The van der Waals surface area contributed by atoms with E-state index in [4.69, 9.17) is 24.2 Å². The molecule has 1 spiro atoms. The number of hydrogen-bond acceptors (Lipinski definition) is 10. The molecule has 1 N–H and O–H groups in total. The van der Waals surface area contributed by atoms with E-state index in [0.717, 1.165) is 5.56 Å². The lowest BCUT2D eigenvalue weighted by molar-refractivity contribution is -0.158. The van der Waals surface area contributed by atoms with Crippen LogP contribution < -0.4 is 10.1 Å². The zero-order valence-electron chi connectivity index (χ0n) is 21.9. The molecule has 0 bridgehead atoms. The summed E-state index contributed by atoms with van der Waals surface area (Å²) in [7, 11) is 0. The molecule has 4 unspecified atom stereocenters. The molecule has 2 saturated carbocycles. The Morgan fingerprint density at radius 3 is 2.90 bits per heavy atom. The summed E-state index contributed by atoms with van der Waals surface area (Å²) in [5, 5.41) is 12.1. The molecule has 4 atom stereocenters. The average molecular weight is 536 g/mol. The minimum Gasteiger partial charge on any atom is -0.471 e. The van der Waals surface area contributed by atoms with Crippen LogP contribution in [0.2, 0.25) is 0 Å². The average Bonchev–Trinajstić information content (AvgIpc) is 3.51. The maximum absolute atomic E-state index is 15.5. The molecule has 0 radical (unpaired) electrons. The molecule has 4 fully saturated rings. The van der Waals surface area contributed by atoms with Crippen LogP contribution in [0.5, 0.6) is 5.88 Å². The second kappa shape index (κ2) is 9.38. The van der Waals surface area contributed by atoms with Gasteiger partial charge in [-0.1, -0.05) is 0 Å². The topological polar surface area (TPSA) is 119 Å². The number of aromatic nitrogens is 2. The highest BCUT2D eigenvalue weighted by Gasteiger charge is 2.70. The van der Waals surface area contributed by atoms with E-state index in [1.165, 1.54) is 6.33 Å². The number of halogens is 1. The van der Waals surface area contributed by atoms with E-state index in [9.17, 15) is 4.79 Å². The van der Waals surface area contributed by atoms with Gasteiger partial charge < -0.3 is 29.2 Å². The zero-order chi connectivity index (χ0) is 27.4. The number of benzene rings is 1. The van der Waals surface area contributed by atoms with Gasteiger partial charge >= 0.3 is 5.97 Å². The van der Waals surface area contributed by atoms with Gasteiger partial charge in [0.25, 0.3) is 5.88 Å². The number of carbonyl (C=O) groups excluding carboxylic acids is 1. The third-order valence-electron chi connectivity index (χ3n) is 8.47. The second-order valence-corrected chi connectivity index (χ2v) is 10.7. The molecule has 1 aromatic carbocycles. The molecule has 2 saturated heterocycles. The largest absolute Gasteiger partial charge is 0.471 e. The number of hydrogen-bond donors (Lipinski definition) is 1. The summed E-state index contributed by atoms with van der Waals surface area (Å²) >= 11 is 0. The highest BCUT2D eigenvalue weighted by atomic mass is 19.1. The smallest absolute Gasteiger partial charge is 0.350 e. The van der Waals surface area contributed by atoms with Crippen molar-refractivity contribution in [1.82, 2.24) is 14.9 Å². The van der Waals surface area contributed by atoms with Gasteiger partial charge in [0.15, 0.2) is 11.7 Å². The van der Waals surface area contributed by atoms with Gasteiger partial charge in [0.05, 0.1) is 31.5 Å². The lowest BCUT2D eigenvalue weighted by atomic mass is 9.54. The van der Waals surface area contributed by atoms with Gasteiger partial charge in [0, 0.05) is 48.9 Å². The van der Waals surface area contributed by atoms with Gasteiger partial charge in [-0.2, -0.15) is 14.6 Å². The first-order valence-electron chi connectivity index (χ1n) is 13.1. The summed E-state index contributed by atoms with van der Waals surface area (Å²) in [6.07, 6.45) is 2.17. The van der Waals surface area contributed by atoms with Gasteiger partial charge in [0.2, 0.25) is 11.4 Å². The number of esters is 1. The number of nitriles is 1. The summed E-state index contributed by atoms with van der Waals surface area (Å²) in [5.41, 5.74) is 0.844. The Bertz CT molecular complexity index is 1370. The van der Waals surface area contributed by atoms with Crippen LogP contribution in [0.15, 0.2) is 37.0 Å². The zero-order valence-corrected chi connectivity index (χ0v) is 21.9. The summed E-state index contributed by atoms with van der Waals surface area (Å²) in [6.45, 7) is 10.3. The highest BCUT2D eigenvalue weighted by Crippen LogP contribution is 2.61. The maximum atomic E-state index is 15.5. The molecule has 4 aliphatic rings. The van der Waals surface area contributed by atoms with Crippen molar-refractivity contribution in [3.63, 3.8) is 0 Å². The molecule has 10 nitrogen and oxygen atoms in total. The fourth-order valence-corrected chi connectivity index (χ4v) is 6.19. The van der Waals surface area contributed by atoms with E-state index < -0.39 is 11.4 Å².